The second-order valence-electron chi connectivity index (χ2n) is 1.90. The van der Waals surface area contributed by atoms with Crippen molar-refractivity contribution >= 4 is 40.7 Å². The van der Waals surface area contributed by atoms with Gasteiger partial charge < -0.3 is 0 Å². The zero-order valence-corrected chi connectivity index (χ0v) is 8.65. The molecule has 1 aromatic heterocycles. The van der Waals surface area contributed by atoms with E-state index in [2.05, 4.69) is 9.97 Å². The minimum Gasteiger partial charge on any atom is -0.258 e. The topological polar surface area (TPSA) is 68.9 Å². The smallest absolute Gasteiger partial charge is 0.258 e. The molecule has 0 aliphatic carbocycles. The zero-order chi connectivity index (χ0) is 10.0. The molecule has 0 atom stereocenters. The SMILES string of the molecule is CSc1nc(Cl)nc(Cl)c1[N+](=O)[O-]. The van der Waals surface area contributed by atoms with Gasteiger partial charge in [0.1, 0.15) is 0 Å². The van der Waals surface area contributed by atoms with Crippen molar-refractivity contribution in [3.63, 3.8) is 0 Å². The minimum atomic E-state index is -0.634. The van der Waals surface area contributed by atoms with E-state index in [4.69, 9.17) is 23.2 Å². The molecule has 1 heterocycles. The monoisotopic (exact) mass is 239 g/mol. The molecule has 0 aliphatic heterocycles. The summed E-state index contributed by atoms with van der Waals surface area (Å²) in [7, 11) is 0. The normalized spacial score (nSPS) is 10.1. The molecule has 1 rings (SSSR count). The fourth-order valence-corrected chi connectivity index (χ4v) is 1.78. The highest BCUT2D eigenvalue weighted by molar-refractivity contribution is 7.98. The highest BCUT2D eigenvalue weighted by atomic mass is 35.5. The highest BCUT2D eigenvalue weighted by Gasteiger charge is 2.22. The van der Waals surface area contributed by atoms with E-state index >= 15 is 0 Å². The Morgan fingerprint density at radius 3 is 2.54 bits per heavy atom. The van der Waals surface area contributed by atoms with Crippen LogP contribution in [0.1, 0.15) is 0 Å². The van der Waals surface area contributed by atoms with Crippen LogP contribution in [0.2, 0.25) is 10.4 Å². The van der Waals surface area contributed by atoms with Crippen molar-refractivity contribution in [3.05, 3.63) is 20.6 Å². The number of aromatic nitrogens is 2. The van der Waals surface area contributed by atoms with Crippen LogP contribution >= 0.6 is 35.0 Å². The van der Waals surface area contributed by atoms with Gasteiger partial charge in [-0.15, -0.1) is 11.8 Å². The van der Waals surface area contributed by atoms with Crippen LogP contribution in [0.4, 0.5) is 5.69 Å². The number of thioether (sulfide) groups is 1. The molecule has 13 heavy (non-hydrogen) atoms. The number of nitrogens with zero attached hydrogens (tertiary/aromatic N) is 3. The summed E-state index contributed by atoms with van der Waals surface area (Å²) in [5, 5.41) is 10.3. The van der Waals surface area contributed by atoms with Crippen LogP contribution in [0.5, 0.6) is 0 Å². The molecule has 0 spiro atoms. The molecule has 0 radical (unpaired) electrons. The van der Waals surface area contributed by atoms with Crippen molar-refractivity contribution in [2.75, 3.05) is 6.26 Å². The second kappa shape index (κ2) is 4.08. The van der Waals surface area contributed by atoms with E-state index < -0.39 is 4.92 Å². The van der Waals surface area contributed by atoms with Crippen LogP contribution in [0, 0.1) is 10.1 Å². The van der Waals surface area contributed by atoms with Crippen LogP contribution < -0.4 is 0 Å². The highest BCUT2D eigenvalue weighted by Crippen LogP contribution is 2.32. The van der Waals surface area contributed by atoms with E-state index in [1.54, 1.807) is 6.26 Å². The number of halogens is 2. The summed E-state index contributed by atoms with van der Waals surface area (Å²) >= 11 is 12.1. The van der Waals surface area contributed by atoms with Crippen LogP contribution in [0.3, 0.4) is 0 Å². The maximum absolute atomic E-state index is 10.5. The molecule has 0 fully saturated rings. The molecule has 8 heteroatoms. The van der Waals surface area contributed by atoms with E-state index in [0.29, 0.717) is 0 Å². The van der Waals surface area contributed by atoms with Gasteiger partial charge in [0.2, 0.25) is 10.4 Å². The maximum Gasteiger partial charge on any atom is 0.338 e. The fourth-order valence-electron chi connectivity index (χ4n) is 0.680. The van der Waals surface area contributed by atoms with Crippen LogP contribution in [-0.2, 0) is 0 Å². The number of nitro groups is 1. The van der Waals surface area contributed by atoms with Crippen molar-refractivity contribution in [1.29, 1.82) is 0 Å². The predicted octanol–water partition coefficient (Wildman–Crippen LogP) is 2.41. The summed E-state index contributed by atoms with van der Waals surface area (Å²) in [5.74, 6) is 0. The lowest BCUT2D eigenvalue weighted by Crippen LogP contribution is -1.97. The lowest BCUT2D eigenvalue weighted by molar-refractivity contribution is -0.388. The maximum atomic E-state index is 10.5. The van der Waals surface area contributed by atoms with Gasteiger partial charge in [0, 0.05) is 0 Å². The Hall–Kier alpha value is -0.590. The third-order valence-corrected chi connectivity index (χ3v) is 2.26. The summed E-state index contributed by atoms with van der Waals surface area (Å²) in [5.41, 5.74) is -0.307. The number of hydrogen-bond donors (Lipinski definition) is 0. The summed E-state index contributed by atoms with van der Waals surface area (Å²) in [4.78, 5) is 17.0. The van der Waals surface area contributed by atoms with E-state index in [1.165, 1.54) is 0 Å². The Bertz CT molecular complexity index is 360. The van der Waals surface area contributed by atoms with E-state index in [1.807, 2.05) is 0 Å². The fraction of sp³-hybridized carbons (Fsp3) is 0.200. The summed E-state index contributed by atoms with van der Waals surface area (Å²) in [6.45, 7) is 0. The predicted molar refractivity (Wildman–Crippen MR) is 50.5 cm³/mol. The molecule has 0 saturated carbocycles. The van der Waals surface area contributed by atoms with Gasteiger partial charge in [0.15, 0.2) is 5.03 Å². The molecule has 0 aliphatic rings. The molecule has 0 unspecified atom stereocenters. The Balaban J connectivity index is 3.38. The zero-order valence-electron chi connectivity index (χ0n) is 6.32. The number of hydrogen-bond acceptors (Lipinski definition) is 5. The molecular weight excluding hydrogens is 237 g/mol. The van der Waals surface area contributed by atoms with Gasteiger partial charge in [-0.3, -0.25) is 10.1 Å². The Kier molecular flexibility index (Phi) is 3.29. The summed E-state index contributed by atoms with van der Waals surface area (Å²) in [6, 6.07) is 0. The lowest BCUT2D eigenvalue weighted by Gasteiger charge is -1.99. The first-order chi connectivity index (χ1) is 6.06. The average Bonchev–Trinajstić information content (AvgIpc) is 2.01. The Labute approximate surface area is 87.6 Å². The molecule has 0 saturated heterocycles. The average molecular weight is 240 g/mol. The molecular formula is C5H3Cl2N3O2S. The van der Waals surface area contributed by atoms with Crippen molar-refractivity contribution < 1.29 is 4.92 Å². The van der Waals surface area contributed by atoms with E-state index in [9.17, 15) is 10.1 Å². The first-order valence-electron chi connectivity index (χ1n) is 2.97. The van der Waals surface area contributed by atoms with Crippen molar-refractivity contribution in [1.82, 2.24) is 9.97 Å². The number of rotatable bonds is 2. The van der Waals surface area contributed by atoms with Crippen molar-refractivity contribution in [3.8, 4) is 0 Å². The Morgan fingerprint density at radius 1 is 1.46 bits per heavy atom. The van der Waals surface area contributed by atoms with Crippen molar-refractivity contribution in [2.24, 2.45) is 0 Å². The van der Waals surface area contributed by atoms with Gasteiger partial charge in [-0.1, -0.05) is 11.6 Å². The summed E-state index contributed by atoms with van der Waals surface area (Å²) < 4.78 is 0. The Morgan fingerprint density at radius 2 is 2.08 bits per heavy atom. The summed E-state index contributed by atoms with van der Waals surface area (Å²) in [6.07, 6.45) is 1.64. The van der Waals surface area contributed by atoms with Gasteiger partial charge in [-0.2, -0.15) is 4.98 Å². The molecule has 0 amide bonds. The molecule has 0 bridgehead atoms. The first-order valence-corrected chi connectivity index (χ1v) is 4.95. The van der Waals surface area contributed by atoms with E-state index in [0.717, 1.165) is 11.8 Å². The first kappa shape index (κ1) is 10.5. The quantitative estimate of drug-likeness (QED) is 0.261. The van der Waals surface area contributed by atoms with Gasteiger partial charge in [-0.05, 0) is 17.9 Å². The second-order valence-corrected chi connectivity index (χ2v) is 3.39. The van der Waals surface area contributed by atoms with Crippen LogP contribution in [-0.4, -0.2) is 21.1 Å². The largest absolute Gasteiger partial charge is 0.338 e. The van der Waals surface area contributed by atoms with Gasteiger partial charge in [0.05, 0.1) is 4.92 Å². The minimum absolute atomic E-state index is 0.0973. The van der Waals surface area contributed by atoms with Gasteiger partial charge in [-0.25, -0.2) is 4.98 Å². The van der Waals surface area contributed by atoms with Crippen LogP contribution in [0.15, 0.2) is 5.03 Å². The van der Waals surface area contributed by atoms with Gasteiger partial charge >= 0.3 is 5.69 Å². The molecule has 0 aromatic carbocycles. The van der Waals surface area contributed by atoms with Crippen molar-refractivity contribution in [2.45, 2.75) is 5.03 Å². The molecule has 1 aromatic rings. The molecule has 0 N–H and O–H groups in total. The van der Waals surface area contributed by atoms with Crippen LogP contribution in [0.25, 0.3) is 0 Å². The third kappa shape index (κ3) is 2.20. The third-order valence-electron chi connectivity index (χ3n) is 1.16. The van der Waals surface area contributed by atoms with Gasteiger partial charge in [0.25, 0.3) is 0 Å². The standard InChI is InChI=1S/C5H3Cl2N3O2S/c1-13-4-2(10(11)12)3(6)8-5(7)9-4/h1H3. The lowest BCUT2D eigenvalue weighted by atomic mass is 10.5. The van der Waals surface area contributed by atoms with E-state index in [-0.39, 0.29) is 21.2 Å². The molecule has 70 valence electrons. The molecule has 5 nitrogen and oxygen atoms in total.